The van der Waals surface area contributed by atoms with Crippen molar-refractivity contribution in [1.29, 1.82) is 0 Å². The van der Waals surface area contributed by atoms with Gasteiger partial charge in [-0.2, -0.15) is 0 Å². The Morgan fingerprint density at radius 2 is 1.33 bits per heavy atom. The SMILES string of the molecule is Cc1cc(Br)c(F)c(Br)c1.FCc1c(Br)ccc(Br)c1Br. The number of halogens is 7. The predicted octanol–water partition coefficient (Wildman–Crippen LogP) is 8.10. The molecule has 0 aliphatic carbocycles. The molecule has 0 aliphatic heterocycles. The second kappa shape index (κ2) is 9.11. The van der Waals surface area contributed by atoms with Gasteiger partial charge >= 0.3 is 0 Å². The summed E-state index contributed by atoms with van der Waals surface area (Å²) < 4.78 is 28.6. The Bertz CT molecular complexity index is 620. The molecule has 0 saturated heterocycles. The van der Waals surface area contributed by atoms with Crippen molar-refractivity contribution < 1.29 is 8.78 Å². The molecule has 0 saturated carbocycles. The Morgan fingerprint density at radius 1 is 0.857 bits per heavy atom. The van der Waals surface area contributed by atoms with Crippen molar-refractivity contribution in [3.63, 3.8) is 0 Å². The molecule has 2 rings (SSSR count). The van der Waals surface area contributed by atoms with Crippen molar-refractivity contribution in [3.05, 3.63) is 63.6 Å². The predicted molar refractivity (Wildman–Crippen MR) is 101 cm³/mol. The highest BCUT2D eigenvalue weighted by Crippen LogP contribution is 2.32. The van der Waals surface area contributed by atoms with E-state index in [4.69, 9.17) is 0 Å². The van der Waals surface area contributed by atoms with Crippen molar-refractivity contribution in [1.82, 2.24) is 0 Å². The smallest absolute Gasteiger partial charge is 0.151 e. The van der Waals surface area contributed by atoms with E-state index >= 15 is 0 Å². The highest BCUT2D eigenvalue weighted by molar-refractivity contribution is 9.13. The van der Waals surface area contributed by atoms with Gasteiger partial charge in [-0.25, -0.2) is 8.78 Å². The van der Waals surface area contributed by atoms with Gasteiger partial charge in [0.25, 0.3) is 0 Å². The van der Waals surface area contributed by atoms with E-state index in [-0.39, 0.29) is 5.82 Å². The summed E-state index contributed by atoms with van der Waals surface area (Å²) in [6.07, 6.45) is 0. The highest BCUT2D eigenvalue weighted by Gasteiger charge is 2.07. The maximum atomic E-state index is 12.8. The Hall–Kier alpha value is 0.700. The van der Waals surface area contributed by atoms with Crippen LogP contribution < -0.4 is 0 Å². The van der Waals surface area contributed by atoms with E-state index in [1.165, 1.54) is 0 Å². The molecule has 7 heteroatoms. The lowest BCUT2D eigenvalue weighted by Gasteiger charge is -2.03. The number of rotatable bonds is 1. The molecule has 0 bridgehead atoms. The van der Waals surface area contributed by atoms with Gasteiger partial charge in [0.1, 0.15) is 6.67 Å². The van der Waals surface area contributed by atoms with Gasteiger partial charge in [-0.15, -0.1) is 0 Å². The van der Waals surface area contributed by atoms with Crippen molar-refractivity contribution in [3.8, 4) is 0 Å². The van der Waals surface area contributed by atoms with Crippen molar-refractivity contribution in [2.75, 3.05) is 0 Å². The lowest BCUT2D eigenvalue weighted by molar-refractivity contribution is 0.482. The van der Waals surface area contributed by atoms with Gasteiger partial charge < -0.3 is 0 Å². The van der Waals surface area contributed by atoms with E-state index in [1.54, 1.807) is 12.1 Å². The molecule has 0 aliphatic rings. The first-order valence-corrected chi connectivity index (χ1v) is 9.54. The third kappa shape index (κ3) is 5.68. The number of hydrogen-bond acceptors (Lipinski definition) is 0. The second-order valence-corrected chi connectivity index (χ2v) is 8.21. The zero-order chi connectivity index (χ0) is 16.2. The van der Waals surface area contributed by atoms with Crippen LogP contribution in [0.15, 0.2) is 46.6 Å². The van der Waals surface area contributed by atoms with Crippen LogP contribution in [0.5, 0.6) is 0 Å². The average molecular weight is 615 g/mol. The van der Waals surface area contributed by atoms with Crippen molar-refractivity contribution in [2.45, 2.75) is 13.6 Å². The van der Waals surface area contributed by atoms with E-state index in [0.29, 0.717) is 14.5 Å². The third-order valence-corrected chi connectivity index (χ3v) is 6.40. The second-order valence-electron chi connectivity index (χ2n) is 4.00. The maximum Gasteiger partial charge on any atom is 0.151 e. The van der Waals surface area contributed by atoms with Crippen LogP contribution in [0.3, 0.4) is 0 Å². The minimum Gasteiger partial charge on any atom is -0.246 e. The Kier molecular flexibility index (Phi) is 8.56. The van der Waals surface area contributed by atoms with Gasteiger partial charge in [-0.3, -0.25) is 0 Å². The standard InChI is InChI=1S/C7H4Br3F.C7H5Br2F/c8-5-1-2-6(9)7(10)4(5)3-11;1-4-2-5(8)7(10)6(9)3-4/h1-2H,3H2;2-3H,1H3. The van der Waals surface area contributed by atoms with E-state index < -0.39 is 6.67 Å². The van der Waals surface area contributed by atoms with Crippen LogP contribution in [0.25, 0.3) is 0 Å². The third-order valence-electron chi connectivity index (χ3n) is 2.40. The zero-order valence-corrected chi connectivity index (χ0v) is 18.6. The first kappa shape index (κ1) is 19.7. The van der Waals surface area contributed by atoms with Gasteiger partial charge in [-0.1, -0.05) is 15.9 Å². The lowest BCUT2D eigenvalue weighted by atomic mass is 10.2. The van der Waals surface area contributed by atoms with E-state index in [2.05, 4.69) is 79.6 Å². The summed E-state index contributed by atoms with van der Waals surface area (Å²) in [4.78, 5) is 0. The van der Waals surface area contributed by atoms with Gasteiger partial charge in [0.05, 0.1) is 8.95 Å². The summed E-state index contributed by atoms with van der Waals surface area (Å²) in [7, 11) is 0. The molecule has 2 aromatic carbocycles. The zero-order valence-electron chi connectivity index (χ0n) is 10.7. The summed E-state index contributed by atoms with van der Waals surface area (Å²) >= 11 is 16.0. The molecule has 0 amide bonds. The molecule has 0 spiro atoms. The molecule has 0 heterocycles. The number of alkyl halides is 1. The van der Waals surface area contributed by atoms with E-state index in [0.717, 1.165) is 19.0 Å². The minimum absolute atomic E-state index is 0.245. The topological polar surface area (TPSA) is 0 Å². The van der Waals surface area contributed by atoms with E-state index in [1.807, 2.05) is 19.1 Å². The molecule has 0 aromatic heterocycles. The molecule has 0 unspecified atom stereocenters. The van der Waals surface area contributed by atoms with Crippen LogP contribution in [-0.4, -0.2) is 0 Å². The van der Waals surface area contributed by atoms with E-state index in [9.17, 15) is 8.78 Å². The molecule has 21 heavy (non-hydrogen) atoms. The molecule has 114 valence electrons. The Balaban J connectivity index is 0.000000211. The summed E-state index contributed by atoms with van der Waals surface area (Å²) in [5.41, 5.74) is 1.67. The highest BCUT2D eigenvalue weighted by atomic mass is 79.9. The monoisotopic (exact) mass is 610 g/mol. The molecular formula is C14H9Br5F2. The van der Waals surface area contributed by atoms with Crippen LogP contribution in [0.4, 0.5) is 8.78 Å². The molecular weight excluding hydrogens is 606 g/mol. The molecule has 0 nitrogen and oxygen atoms in total. The van der Waals surface area contributed by atoms with Gasteiger partial charge in [0, 0.05) is 19.0 Å². The van der Waals surface area contributed by atoms with Crippen LogP contribution in [-0.2, 0) is 6.67 Å². The van der Waals surface area contributed by atoms with Crippen LogP contribution in [0.2, 0.25) is 0 Å². The first-order valence-electron chi connectivity index (χ1n) is 5.57. The molecule has 2 aromatic rings. The quantitative estimate of drug-likeness (QED) is 0.225. The van der Waals surface area contributed by atoms with Crippen molar-refractivity contribution >= 4 is 79.6 Å². The minimum atomic E-state index is -0.472. The molecule has 0 fully saturated rings. The fraction of sp³-hybridized carbons (Fsp3) is 0.143. The number of aryl methyl sites for hydroxylation is 1. The largest absolute Gasteiger partial charge is 0.246 e. The van der Waals surface area contributed by atoms with Crippen LogP contribution in [0.1, 0.15) is 11.1 Å². The Morgan fingerprint density at radius 3 is 1.76 bits per heavy atom. The summed E-state index contributed by atoms with van der Waals surface area (Å²) in [6, 6.07) is 7.14. The molecule has 0 radical (unpaired) electrons. The fourth-order valence-electron chi connectivity index (χ4n) is 1.37. The van der Waals surface area contributed by atoms with Gasteiger partial charge in [0.2, 0.25) is 0 Å². The number of benzene rings is 2. The molecule has 0 N–H and O–H groups in total. The fourth-order valence-corrected chi connectivity index (χ4v) is 4.31. The van der Waals surface area contributed by atoms with Crippen LogP contribution in [0, 0.1) is 12.7 Å². The summed E-state index contributed by atoms with van der Waals surface area (Å²) in [5, 5.41) is 0. The first-order chi connectivity index (χ1) is 9.77. The van der Waals surface area contributed by atoms with Gasteiger partial charge in [0.15, 0.2) is 5.82 Å². The van der Waals surface area contributed by atoms with Crippen LogP contribution >= 0.6 is 79.6 Å². The lowest BCUT2D eigenvalue weighted by Crippen LogP contribution is -1.84. The van der Waals surface area contributed by atoms with Gasteiger partial charge in [-0.05, 0) is 100 Å². The normalized spacial score (nSPS) is 10.1. The molecule has 0 atom stereocenters. The number of hydrogen-bond donors (Lipinski definition) is 0. The summed E-state index contributed by atoms with van der Waals surface area (Å²) in [6.45, 7) is 1.44. The van der Waals surface area contributed by atoms with Crippen molar-refractivity contribution in [2.24, 2.45) is 0 Å². The Labute approximate surface area is 164 Å². The maximum absolute atomic E-state index is 12.8. The average Bonchev–Trinajstić information content (AvgIpc) is 2.42. The summed E-state index contributed by atoms with van der Waals surface area (Å²) in [5.74, 6) is -0.245.